The van der Waals surface area contributed by atoms with E-state index in [1.165, 1.54) is 12.8 Å². The second-order valence-electron chi connectivity index (χ2n) is 6.07. The molecule has 1 aliphatic heterocycles. The number of rotatable bonds is 2. The van der Waals surface area contributed by atoms with Gasteiger partial charge in [-0.15, -0.1) is 11.3 Å². The van der Waals surface area contributed by atoms with Gasteiger partial charge in [0.2, 0.25) is 0 Å². The van der Waals surface area contributed by atoms with Crippen molar-refractivity contribution in [2.75, 3.05) is 0 Å². The molecule has 0 atom stereocenters. The van der Waals surface area contributed by atoms with Gasteiger partial charge in [-0.05, 0) is 40.5 Å². The lowest BCUT2D eigenvalue weighted by Gasteiger charge is -2.32. The molecule has 18 heavy (non-hydrogen) atoms. The highest BCUT2D eigenvalue weighted by atomic mass is 35.5. The van der Waals surface area contributed by atoms with E-state index in [9.17, 15) is 0 Å². The zero-order valence-electron chi connectivity index (χ0n) is 11.1. The Labute approximate surface area is 117 Å². The molecule has 6 heteroatoms. The minimum absolute atomic E-state index is 0.329. The van der Waals surface area contributed by atoms with Crippen LogP contribution in [0.3, 0.4) is 0 Å². The summed E-state index contributed by atoms with van der Waals surface area (Å²) in [6, 6.07) is 0. The molecule has 1 saturated heterocycles. The fourth-order valence-corrected chi connectivity index (χ4v) is 3.36. The van der Waals surface area contributed by atoms with E-state index in [4.69, 9.17) is 20.9 Å². The van der Waals surface area contributed by atoms with Gasteiger partial charge < -0.3 is 9.31 Å². The van der Waals surface area contributed by atoms with E-state index < -0.39 is 0 Å². The van der Waals surface area contributed by atoms with E-state index in [0.29, 0.717) is 11.1 Å². The molecule has 2 heterocycles. The second kappa shape index (κ2) is 3.95. The number of nitrogens with zero attached hydrogens (tertiary/aromatic N) is 1. The van der Waals surface area contributed by atoms with Crippen molar-refractivity contribution in [1.82, 2.24) is 4.98 Å². The average molecular weight is 286 g/mol. The van der Waals surface area contributed by atoms with Crippen LogP contribution in [0.15, 0.2) is 0 Å². The Morgan fingerprint density at radius 2 is 1.78 bits per heavy atom. The predicted molar refractivity (Wildman–Crippen MR) is 74.8 cm³/mol. The normalized spacial score (nSPS) is 25.7. The van der Waals surface area contributed by atoms with Gasteiger partial charge >= 0.3 is 7.12 Å². The maximum Gasteiger partial charge on any atom is 0.508 e. The summed E-state index contributed by atoms with van der Waals surface area (Å²) >= 11 is 7.86. The van der Waals surface area contributed by atoms with Crippen molar-refractivity contribution >= 4 is 34.8 Å². The van der Waals surface area contributed by atoms with Gasteiger partial charge in [-0.3, -0.25) is 0 Å². The van der Waals surface area contributed by atoms with Crippen molar-refractivity contribution < 1.29 is 9.31 Å². The number of hydrogen-bond donors (Lipinski definition) is 0. The molecule has 0 N–H and O–H groups in total. The van der Waals surface area contributed by atoms with Crippen LogP contribution >= 0.6 is 22.9 Å². The Kier molecular flexibility index (Phi) is 2.83. The molecule has 0 radical (unpaired) electrons. The topological polar surface area (TPSA) is 31.4 Å². The fraction of sp³-hybridized carbons (Fsp3) is 0.750. The molecule has 0 unspecified atom stereocenters. The van der Waals surface area contributed by atoms with Crippen molar-refractivity contribution in [2.24, 2.45) is 0 Å². The third-order valence-electron chi connectivity index (χ3n) is 4.02. The zero-order valence-corrected chi connectivity index (χ0v) is 12.7. The van der Waals surface area contributed by atoms with E-state index in [1.807, 2.05) is 27.7 Å². The van der Waals surface area contributed by atoms with Gasteiger partial charge in [0, 0.05) is 5.92 Å². The molecule has 0 spiro atoms. The van der Waals surface area contributed by atoms with Crippen molar-refractivity contribution in [1.29, 1.82) is 0 Å². The molecule has 98 valence electrons. The van der Waals surface area contributed by atoms with Crippen LogP contribution < -0.4 is 4.78 Å². The summed E-state index contributed by atoms with van der Waals surface area (Å²) in [6.45, 7) is 8.18. The number of thiazole rings is 1. The first kappa shape index (κ1) is 12.9. The van der Waals surface area contributed by atoms with Gasteiger partial charge in [0.1, 0.15) is 5.15 Å². The van der Waals surface area contributed by atoms with Crippen molar-refractivity contribution in [3.8, 4) is 0 Å². The number of hydrogen-bond acceptors (Lipinski definition) is 4. The predicted octanol–water partition coefficient (Wildman–Crippen LogP) is 2.97. The molecule has 1 aliphatic carbocycles. The van der Waals surface area contributed by atoms with Crippen molar-refractivity contribution in [2.45, 2.75) is 57.7 Å². The largest absolute Gasteiger partial charge is 0.508 e. The van der Waals surface area contributed by atoms with Crippen LogP contribution in [0.4, 0.5) is 0 Å². The Balaban J connectivity index is 1.88. The number of halogens is 1. The van der Waals surface area contributed by atoms with Crippen LogP contribution in [0.25, 0.3) is 0 Å². The quantitative estimate of drug-likeness (QED) is 0.783. The zero-order chi connectivity index (χ0) is 13.1. The minimum Gasteiger partial charge on any atom is -0.399 e. The first-order valence-corrected chi connectivity index (χ1v) is 7.51. The monoisotopic (exact) mass is 285 g/mol. The van der Waals surface area contributed by atoms with Gasteiger partial charge in [-0.25, -0.2) is 4.98 Å². The number of aromatic nitrogens is 1. The van der Waals surface area contributed by atoms with E-state index in [1.54, 1.807) is 11.3 Å². The van der Waals surface area contributed by atoms with Crippen LogP contribution in [0.5, 0.6) is 0 Å². The van der Waals surface area contributed by atoms with E-state index in [2.05, 4.69) is 4.98 Å². The van der Waals surface area contributed by atoms with Crippen LogP contribution in [-0.2, 0) is 9.31 Å². The molecule has 0 amide bonds. The second-order valence-corrected chi connectivity index (χ2v) is 7.49. The molecule has 0 aromatic carbocycles. The molecule has 3 nitrogen and oxygen atoms in total. The Hall–Kier alpha value is -0.0951. The van der Waals surface area contributed by atoms with Gasteiger partial charge in [0.15, 0.2) is 0 Å². The maximum atomic E-state index is 6.22. The molecule has 1 aromatic rings. The molecule has 2 fully saturated rings. The molecule has 1 saturated carbocycles. The summed E-state index contributed by atoms with van der Waals surface area (Å²) < 4.78 is 12.9. The smallest absolute Gasteiger partial charge is 0.399 e. The first-order valence-electron chi connectivity index (χ1n) is 6.32. The SMILES string of the molecule is CC1(C)OB(c2sc(C3CC3)nc2Cl)OC1(C)C. The lowest BCUT2D eigenvalue weighted by Crippen LogP contribution is -2.41. The summed E-state index contributed by atoms with van der Waals surface area (Å²) in [5.74, 6) is 0.615. The van der Waals surface area contributed by atoms with Crippen LogP contribution in [0.2, 0.25) is 5.15 Å². The van der Waals surface area contributed by atoms with Crippen molar-refractivity contribution in [3.63, 3.8) is 0 Å². The summed E-state index contributed by atoms with van der Waals surface area (Å²) in [7, 11) is -0.382. The molecular formula is C12H17BClNO2S. The lowest BCUT2D eigenvalue weighted by atomic mass is 9.89. The van der Waals surface area contributed by atoms with Gasteiger partial charge in [0.05, 0.1) is 21.0 Å². The third-order valence-corrected chi connectivity index (χ3v) is 5.66. The van der Waals surface area contributed by atoms with Gasteiger partial charge in [0.25, 0.3) is 0 Å². The van der Waals surface area contributed by atoms with E-state index >= 15 is 0 Å². The van der Waals surface area contributed by atoms with E-state index in [-0.39, 0.29) is 18.3 Å². The summed E-state index contributed by atoms with van der Waals surface area (Å²) in [4.78, 5) is 4.44. The average Bonchev–Trinajstić information content (AvgIpc) is 2.96. The standard InChI is InChI=1S/C12H17BClNO2S/c1-11(2)12(3,4)17-13(16-11)8-9(14)15-10(18-8)7-5-6-7/h7H,5-6H2,1-4H3. The lowest BCUT2D eigenvalue weighted by molar-refractivity contribution is 0.00578. The third kappa shape index (κ3) is 2.01. The summed E-state index contributed by atoms with van der Waals surface area (Å²) in [6.07, 6.45) is 2.46. The van der Waals surface area contributed by atoms with Crippen molar-refractivity contribution in [3.05, 3.63) is 10.2 Å². The van der Waals surface area contributed by atoms with Crippen LogP contribution in [0, 0.1) is 0 Å². The molecule has 1 aromatic heterocycles. The summed E-state index contributed by atoms with van der Waals surface area (Å²) in [5.41, 5.74) is -0.657. The summed E-state index contributed by atoms with van der Waals surface area (Å²) in [5, 5.41) is 1.67. The maximum absolute atomic E-state index is 6.22. The minimum atomic E-state index is -0.382. The van der Waals surface area contributed by atoms with Gasteiger partial charge in [-0.1, -0.05) is 11.6 Å². The molecule has 2 aliphatic rings. The van der Waals surface area contributed by atoms with Crippen LogP contribution in [0.1, 0.15) is 51.5 Å². The molecule has 0 bridgehead atoms. The van der Waals surface area contributed by atoms with Gasteiger partial charge in [-0.2, -0.15) is 0 Å². The molecular weight excluding hydrogens is 268 g/mol. The Morgan fingerprint density at radius 1 is 1.22 bits per heavy atom. The highest BCUT2D eigenvalue weighted by Gasteiger charge is 2.53. The fourth-order valence-electron chi connectivity index (χ4n) is 1.93. The van der Waals surface area contributed by atoms with Crippen LogP contribution in [-0.4, -0.2) is 23.3 Å². The highest BCUT2D eigenvalue weighted by Crippen LogP contribution is 2.43. The molecule has 3 rings (SSSR count). The Morgan fingerprint density at radius 3 is 2.28 bits per heavy atom. The van der Waals surface area contributed by atoms with E-state index in [0.717, 1.165) is 9.78 Å². The Bertz CT molecular complexity index is 468. The first-order chi connectivity index (χ1) is 8.30. The highest BCUT2D eigenvalue weighted by molar-refractivity contribution is 7.23.